The molecule has 0 bridgehead atoms. The molecule has 0 aliphatic carbocycles. The number of rotatable bonds is 2. The predicted octanol–water partition coefficient (Wildman–Crippen LogP) is 0.950. The van der Waals surface area contributed by atoms with E-state index in [-0.39, 0.29) is 0 Å². The summed E-state index contributed by atoms with van der Waals surface area (Å²) in [5, 5.41) is 3.96. The number of aryl methyl sites for hydroxylation is 2. The molecular formula is C7H9N3O. The number of hydrogen-bond donors (Lipinski definition) is 0. The molecule has 0 aromatic carbocycles. The lowest BCUT2D eigenvalue weighted by atomic mass is 10.3. The summed E-state index contributed by atoms with van der Waals surface area (Å²) >= 11 is 0. The number of aromatic nitrogens is 2. The van der Waals surface area contributed by atoms with Crippen LogP contribution < -0.4 is 0 Å². The van der Waals surface area contributed by atoms with Crippen molar-refractivity contribution >= 4 is 11.9 Å². The van der Waals surface area contributed by atoms with Crippen molar-refractivity contribution < 1.29 is 4.79 Å². The van der Waals surface area contributed by atoms with E-state index in [1.165, 1.54) is 6.08 Å². The predicted molar refractivity (Wildman–Crippen MR) is 40.4 cm³/mol. The monoisotopic (exact) mass is 151 g/mol. The maximum absolute atomic E-state index is 9.84. The minimum Gasteiger partial charge on any atom is -0.270 e. The van der Waals surface area contributed by atoms with E-state index in [1.807, 2.05) is 14.0 Å². The van der Waals surface area contributed by atoms with Crippen LogP contribution in [0.15, 0.2) is 11.1 Å². The van der Waals surface area contributed by atoms with Crippen molar-refractivity contribution in [2.75, 3.05) is 0 Å². The Morgan fingerprint density at radius 2 is 2.55 bits per heavy atom. The van der Waals surface area contributed by atoms with Gasteiger partial charge in [0.05, 0.1) is 0 Å². The second-order valence-electron chi connectivity index (χ2n) is 2.17. The van der Waals surface area contributed by atoms with E-state index >= 15 is 0 Å². The lowest BCUT2D eigenvalue weighted by Crippen LogP contribution is -1.95. The van der Waals surface area contributed by atoms with Gasteiger partial charge in [0.25, 0.3) is 0 Å². The SMILES string of the molecule is CCc1cc(N=C=O)nn1C. The Morgan fingerprint density at radius 1 is 1.82 bits per heavy atom. The largest absolute Gasteiger partial charge is 0.270 e. The zero-order chi connectivity index (χ0) is 8.27. The fourth-order valence-electron chi connectivity index (χ4n) is 0.922. The Labute approximate surface area is 64.6 Å². The van der Waals surface area contributed by atoms with E-state index in [4.69, 9.17) is 0 Å². The Morgan fingerprint density at radius 3 is 3.00 bits per heavy atom. The zero-order valence-electron chi connectivity index (χ0n) is 6.53. The molecule has 58 valence electrons. The van der Waals surface area contributed by atoms with Gasteiger partial charge in [0.2, 0.25) is 6.08 Å². The minimum absolute atomic E-state index is 0.430. The van der Waals surface area contributed by atoms with Crippen LogP contribution in [-0.4, -0.2) is 15.9 Å². The molecule has 0 aliphatic rings. The van der Waals surface area contributed by atoms with E-state index in [0.29, 0.717) is 5.82 Å². The summed E-state index contributed by atoms with van der Waals surface area (Å²) in [6.45, 7) is 2.02. The van der Waals surface area contributed by atoms with Crippen LogP contribution in [0.3, 0.4) is 0 Å². The van der Waals surface area contributed by atoms with Gasteiger partial charge in [-0.05, 0) is 6.42 Å². The van der Waals surface area contributed by atoms with Crippen LogP contribution in [0, 0.1) is 0 Å². The van der Waals surface area contributed by atoms with Gasteiger partial charge in [0.15, 0.2) is 5.82 Å². The van der Waals surface area contributed by atoms with Crippen LogP contribution in [0.4, 0.5) is 5.82 Å². The summed E-state index contributed by atoms with van der Waals surface area (Å²) < 4.78 is 1.70. The van der Waals surface area contributed by atoms with Crippen LogP contribution in [0.5, 0.6) is 0 Å². The molecule has 1 aromatic heterocycles. The van der Waals surface area contributed by atoms with Crippen LogP contribution >= 0.6 is 0 Å². The average molecular weight is 151 g/mol. The number of aliphatic imine (C=N–C) groups is 1. The van der Waals surface area contributed by atoms with Gasteiger partial charge in [-0.3, -0.25) is 4.68 Å². The first-order valence-corrected chi connectivity index (χ1v) is 3.38. The highest BCUT2D eigenvalue weighted by atomic mass is 16.1. The van der Waals surface area contributed by atoms with Crippen LogP contribution in [0.2, 0.25) is 0 Å². The average Bonchev–Trinajstić information content (AvgIpc) is 2.32. The maximum atomic E-state index is 9.84. The molecule has 1 rings (SSSR count). The van der Waals surface area contributed by atoms with Crippen molar-refractivity contribution in [3.05, 3.63) is 11.8 Å². The second kappa shape index (κ2) is 3.12. The summed E-state index contributed by atoms with van der Waals surface area (Å²) in [4.78, 5) is 13.2. The number of nitrogens with zero attached hydrogens (tertiary/aromatic N) is 3. The molecule has 0 atom stereocenters. The highest BCUT2D eigenvalue weighted by Crippen LogP contribution is 2.10. The smallest absolute Gasteiger partial charge is 0.242 e. The molecule has 0 N–H and O–H groups in total. The lowest BCUT2D eigenvalue weighted by molar-refractivity contribution is 0.565. The topological polar surface area (TPSA) is 47.2 Å². The Balaban J connectivity index is 3.04. The molecule has 0 radical (unpaired) electrons. The van der Waals surface area contributed by atoms with Crippen molar-refractivity contribution in [3.8, 4) is 0 Å². The quantitative estimate of drug-likeness (QED) is 0.466. The van der Waals surface area contributed by atoms with Crippen LogP contribution in [0.25, 0.3) is 0 Å². The molecule has 1 aromatic rings. The molecule has 11 heavy (non-hydrogen) atoms. The van der Waals surface area contributed by atoms with Crippen LogP contribution in [0.1, 0.15) is 12.6 Å². The van der Waals surface area contributed by atoms with Crippen molar-refractivity contribution in [2.24, 2.45) is 12.0 Å². The molecule has 0 unspecified atom stereocenters. The van der Waals surface area contributed by atoms with Gasteiger partial charge < -0.3 is 0 Å². The molecule has 0 saturated carbocycles. The van der Waals surface area contributed by atoms with Gasteiger partial charge >= 0.3 is 0 Å². The Kier molecular flexibility index (Phi) is 2.18. The van der Waals surface area contributed by atoms with Gasteiger partial charge in [0, 0.05) is 18.8 Å². The first kappa shape index (κ1) is 7.69. The van der Waals surface area contributed by atoms with E-state index in [9.17, 15) is 4.79 Å². The summed E-state index contributed by atoms with van der Waals surface area (Å²) in [7, 11) is 1.82. The third kappa shape index (κ3) is 1.53. The van der Waals surface area contributed by atoms with Gasteiger partial charge in [0.1, 0.15) is 0 Å². The fourth-order valence-corrected chi connectivity index (χ4v) is 0.922. The molecule has 4 nitrogen and oxygen atoms in total. The van der Waals surface area contributed by atoms with Crippen molar-refractivity contribution in [1.29, 1.82) is 0 Å². The molecule has 0 saturated heterocycles. The van der Waals surface area contributed by atoms with Gasteiger partial charge in [-0.25, -0.2) is 4.79 Å². The molecule has 0 amide bonds. The first-order chi connectivity index (χ1) is 5.27. The minimum atomic E-state index is 0.430. The molecule has 1 heterocycles. The van der Waals surface area contributed by atoms with Gasteiger partial charge in [-0.15, -0.1) is 4.99 Å². The normalized spacial score (nSPS) is 9.27. The standard InChI is InChI=1S/C7H9N3O/c1-3-6-4-7(8-5-11)9-10(6)2/h4H,3H2,1-2H3. The fraction of sp³-hybridized carbons (Fsp3) is 0.429. The Bertz CT molecular complexity index is 297. The van der Waals surface area contributed by atoms with Crippen molar-refractivity contribution in [3.63, 3.8) is 0 Å². The lowest BCUT2D eigenvalue weighted by Gasteiger charge is -1.92. The summed E-state index contributed by atoms with van der Waals surface area (Å²) in [5.74, 6) is 0.430. The highest BCUT2D eigenvalue weighted by molar-refractivity contribution is 5.44. The summed E-state index contributed by atoms with van der Waals surface area (Å²) in [6, 6.07) is 1.77. The molecular weight excluding hydrogens is 142 g/mol. The zero-order valence-corrected chi connectivity index (χ0v) is 6.53. The Hall–Kier alpha value is -1.41. The summed E-state index contributed by atoms with van der Waals surface area (Å²) in [5.41, 5.74) is 1.05. The molecule has 4 heteroatoms. The summed E-state index contributed by atoms with van der Waals surface area (Å²) in [6.07, 6.45) is 2.33. The van der Waals surface area contributed by atoms with Gasteiger partial charge in [-0.1, -0.05) is 6.92 Å². The van der Waals surface area contributed by atoms with Crippen molar-refractivity contribution in [2.45, 2.75) is 13.3 Å². The number of hydrogen-bond acceptors (Lipinski definition) is 3. The molecule has 0 fully saturated rings. The molecule has 0 spiro atoms. The maximum Gasteiger partial charge on any atom is 0.242 e. The van der Waals surface area contributed by atoms with Gasteiger partial charge in [-0.2, -0.15) is 5.10 Å². The van der Waals surface area contributed by atoms with Crippen molar-refractivity contribution in [1.82, 2.24) is 9.78 Å². The van der Waals surface area contributed by atoms with E-state index in [1.54, 1.807) is 10.7 Å². The molecule has 0 aliphatic heterocycles. The van der Waals surface area contributed by atoms with E-state index in [0.717, 1.165) is 12.1 Å². The number of isocyanates is 1. The third-order valence-electron chi connectivity index (χ3n) is 1.49. The van der Waals surface area contributed by atoms with E-state index in [2.05, 4.69) is 10.1 Å². The highest BCUT2D eigenvalue weighted by Gasteiger charge is 2.00. The first-order valence-electron chi connectivity index (χ1n) is 3.38. The number of carbonyl (C=O) groups excluding carboxylic acids is 1. The van der Waals surface area contributed by atoms with Crippen LogP contribution in [-0.2, 0) is 18.3 Å². The van der Waals surface area contributed by atoms with E-state index < -0.39 is 0 Å². The third-order valence-corrected chi connectivity index (χ3v) is 1.49. The second-order valence-corrected chi connectivity index (χ2v) is 2.17.